The Balaban J connectivity index is 2.55. The molecule has 1 N–H and O–H groups in total. The summed E-state index contributed by atoms with van der Waals surface area (Å²) >= 11 is 0. The Morgan fingerprint density at radius 1 is 1.47 bits per heavy atom. The lowest BCUT2D eigenvalue weighted by Gasteiger charge is -2.07. The minimum Gasteiger partial charge on any atom is -0.496 e. The lowest BCUT2D eigenvalue weighted by Crippen LogP contribution is -2.06. The van der Waals surface area contributed by atoms with E-state index in [1.807, 2.05) is 25.1 Å². The van der Waals surface area contributed by atoms with Gasteiger partial charge in [0.1, 0.15) is 12.4 Å². The number of carbonyl (C=O) groups is 1. The van der Waals surface area contributed by atoms with Gasteiger partial charge in [0.2, 0.25) is 0 Å². The Bertz CT molecular complexity index is 346. The van der Waals surface area contributed by atoms with Crippen LogP contribution in [0.3, 0.4) is 0 Å². The normalized spacial score (nSPS) is 10.0. The summed E-state index contributed by atoms with van der Waals surface area (Å²) in [5, 5.41) is 8.38. The van der Waals surface area contributed by atoms with Crippen molar-refractivity contribution in [2.24, 2.45) is 0 Å². The highest BCUT2D eigenvalue weighted by Crippen LogP contribution is 2.18. The van der Waals surface area contributed by atoms with Crippen LogP contribution < -0.4 is 4.74 Å². The van der Waals surface area contributed by atoms with Gasteiger partial charge in [-0.15, -0.1) is 0 Å². The van der Waals surface area contributed by atoms with Crippen LogP contribution in [0.2, 0.25) is 0 Å². The first kappa shape index (κ1) is 11.5. The molecule has 15 heavy (non-hydrogen) atoms. The van der Waals surface area contributed by atoms with E-state index in [9.17, 15) is 4.79 Å². The summed E-state index contributed by atoms with van der Waals surface area (Å²) in [6.45, 7) is 1.96. The molecule has 0 aromatic heterocycles. The van der Waals surface area contributed by atoms with Crippen LogP contribution in [-0.4, -0.2) is 24.8 Å². The van der Waals surface area contributed by atoms with E-state index in [1.165, 1.54) is 0 Å². The maximum absolute atomic E-state index is 10.2. The van der Waals surface area contributed by atoms with Gasteiger partial charge in [0.15, 0.2) is 0 Å². The second-order valence-corrected chi connectivity index (χ2v) is 3.19. The molecule has 0 atom stereocenters. The number of aryl methyl sites for hydroxylation is 1. The molecule has 1 aromatic carbocycles. The molecule has 4 nitrogen and oxygen atoms in total. The van der Waals surface area contributed by atoms with Gasteiger partial charge >= 0.3 is 5.97 Å². The number of aliphatic carboxylic acids is 1. The quantitative estimate of drug-likeness (QED) is 0.802. The first-order valence-electron chi connectivity index (χ1n) is 4.56. The molecule has 0 unspecified atom stereocenters. The van der Waals surface area contributed by atoms with Crippen LogP contribution in [0.15, 0.2) is 18.2 Å². The van der Waals surface area contributed by atoms with Crippen molar-refractivity contribution >= 4 is 5.97 Å². The third kappa shape index (κ3) is 3.59. The zero-order chi connectivity index (χ0) is 11.3. The fraction of sp³-hybridized carbons (Fsp3) is 0.364. The van der Waals surface area contributed by atoms with Crippen LogP contribution in [-0.2, 0) is 16.1 Å². The summed E-state index contributed by atoms with van der Waals surface area (Å²) in [6, 6.07) is 5.61. The standard InChI is InChI=1S/C11H14O4/c1-8-5-9(3-4-10(8)14-2)6-15-7-11(12)13/h3-5H,6-7H2,1-2H3,(H,12,13). The van der Waals surface area contributed by atoms with Crippen LogP contribution >= 0.6 is 0 Å². The van der Waals surface area contributed by atoms with Crippen molar-refractivity contribution < 1.29 is 19.4 Å². The maximum atomic E-state index is 10.2. The van der Waals surface area contributed by atoms with Crippen LogP contribution in [0.4, 0.5) is 0 Å². The molecule has 0 amide bonds. The van der Waals surface area contributed by atoms with Crippen molar-refractivity contribution in [2.45, 2.75) is 13.5 Å². The van der Waals surface area contributed by atoms with Crippen molar-refractivity contribution in [1.82, 2.24) is 0 Å². The second kappa shape index (κ2) is 5.36. The Morgan fingerprint density at radius 2 is 2.20 bits per heavy atom. The van der Waals surface area contributed by atoms with Crippen molar-refractivity contribution in [2.75, 3.05) is 13.7 Å². The van der Waals surface area contributed by atoms with Crippen molar-refractivity contribution in [3.05, 3.63) is 29.3 Å². The number of carboxylic acid groups (broad SMARTS) is 1. The van der Waals surface area contributed by atoms with Crippen LogP contribution in [0.1, 0.15) is 11.1 Å². The topological polar surface area (TPSA) is 55.8 Å². The molecule has 4 heteroatoms. The van der Waals surface area contributed by atoms with E-state index in [2.05, 4.69) is 0 Å². The average molecular weight is 210 g/mol. The Labute approximate surface area is 88.4 Å². The Kier molecular flexibility index (Phi) is 4.12. The largest absolute Gasteiger partial charge is 0.496 e. The van der Waals surface area contributed by atoms with E-state index in [4.69, 9.17) is 14.6 Å². The minimum atomic E-state index is -0.958. The molecule has 0 heterocycles. The molecule has 1 aromatic rings. The summed E-state index contributed by atoms with van der Waals surface area (Å²) < 4.78 is 10.1. The Hall–Kier alpha value is -1.55. The lowest BCUT2D eigenvalue weighted by atomic mass is 10.1. The highest BCUT2D eigenvalue weighted by molar-refractivity contribution is 5.67. The van der Waals surface area contributed by atoms with Gasteiger partial charge in [0, 0.05) is 0 Å². The van der Waals surface area contributed by atoms with Crippen molar-refractivity contribution in [3.8, 4) is 5.75 Å². The zero-order valence-electron chi connectivity index (χ0n) is 8.82. The van der Waals surface area contributed by atoms with Gasteiger partial charge in [-0.1, -0.05) is 12.1 Å². The first-order chi connectivity index (χ1) is 7.13. The van der Waals surface area contributed by atoms with E-state index in [0.29, 0.717) is 6.61 Å². The van der Waals surface area contributed by atoms with Crippen molar-refractivity contribution in [1.29, 1.82) is 0 Å². The predicted octanol–water partition coefficient (Wildman–Crippen LogP) is 1.60. The minimum absolute atomic E-state index is 0.273. The number of methoxy groups -OCH3 is 1. The summed E-state index contributed by atoms with van der Waals surface area (Å²) in [7, 11) is 1.61. The van der Waals surface area contributed by atoms with E-state index in [0.717, 1.165) is 16.9 Å². The van der Waals surface area contributed by atoms with Gasteiger partial charge < -0.3 is 14.6 Å². The van der Waals surface area contributed by atoms with Crippen LogP contribution in [0, 0.1) is 6.92 Å². The summed E-state index contributed by atoms with van der Waals surface area (Å²) in [4.78, 5) is 10.2. The number of carboxylic acids is 1. The highest BCUT2D eigenvalue weighted by atomic mass is 16.5. The fourth-order valence-electron chi connectivity index (χ4n) is 1.29. The van der Waals surface area contributed by atoms with Crippen molar-refractivity contribution in [3.63, 3.8) is 0 Å². The molecule has 0 fully saturated rings. The molecule has 1 rings (SSSR count). The molecule has 0 saturated heterocycles. The van der Waals surface area contributed by atoms with Crippen LogP contribution in [0.5, 0.6) is 5.75 Å². The molecule has 0 aliphatic rings. The number of ether oxygens (including phenoxy) is 2. The van der Waals surface area contributed by atoms with Gasteiger partial charge in [0.25, 0.3) is 0 Å². The number of hydrogen-bond acceptors (Lipinski definition) is 3. The summed E-state index contributed by atoms with van der Waals surface area (Å²) in [6.07, 6.45) is 0. The van der Waals surface area contributed by atoms with Crippen LogP contribution in [0.25, 0.3) is 0 Å². The molecular weight excluding hydrogens is 196 g/mol. The number of hydrogen-bond donors (Lipinski definition) is 1. The molecular formula is C11H14O4. The summed E-state index contributed by atoms with van der Waals surface area (Å²) in [5.74, 6) is -0.141. The average Bonchev–Trinajstić information content (AvgIpc) is 2.17. The highest BCUT2D eigenvalue weighted by Gasteiger charge is 2.01. The molecule has 0 radical (unpaired) electrons. The smallest absolute Gasteiger partial charge is 0.329 e. The third-order valence-corrected chi connectivity index (χ3v) is 1.95. The third-order valence-electron chi connectivity index (χ3n) is 1.95. The number of rotatable bonds is 5. The van der Waals surface area contributed by atoms with E-state index >= 15 is 0 Å². The number of benzene rings is 1. The molecule has 82 valence electrons. The Morgan fingerprint density at radius 3 is 2.73 bits per heavy atom. The van der Waals surface area contributed by atoms with E-state index in [1.54, 1.807) is 7.11 Å². The van der Waals surface area contributed by atoms with E-state index < -0.39 is 5.97 Å². The van der Waals surface area contributed by atoms with E-state index in [-0.39, 0.29) is 6.61 Å². The molecule has 0 bridgehead atoms. The van der Waals surface area contributed by atoms with Gasteiger partial charge in [-0.25, -0.2) is 4.79 Å². The molecule has 0 saturated carbocycles. The monoisotopic (exact) mass is 210 g/mol. The molecule has 0 spiro atoms. The first-order valence-corrected chi connectivity index (χ1v) is 4.56. The van der Waals surface area contributed by atoms with Gasteiger partial charge in [-0.05, 0) is 24.1 Å². The van der Waals surface area contributed by atoms with Gasteiger partial charge in [0.05, 0.1) is 13.7 Å². The lowest BCUT2D eigenvalue weighted by molar-refractivity contribution is -0.142. The predicted molar refractivity (Wildman–Crippen MR) is 55.0 cm³/mol. The molecule has 0 aliphatic carbocycles. The summed E-state index contributed by atoms with van der Waals surface area (Å²) in [5.41, 5.74) is 1.95. The SMILES string of the molecule is COc1ccc(COCC(=O)O)cc1C. The zero-order valence-corrected chi connectivity index (χ0v) is 8.82. The molecule has 0 aliphatic heterocycles. The second-order valence-electron chi connectivity index (χ2n) is 3.19. The maximum Gasteiger partial charge on any atom is 0.329 e. The van der Waals surface area contributed by atoms with Gasteiger partial charge in [-0.3, -0.25) is 0 Å². The fourth-order valence-corrected chi connectivity index (χ4v) is 1.29. The van der Waals surface area contributed by atoms with Gasteiger partial charge in [-0.2, -0.15) is 0 Å².